The van der Waals surface area contributed by atoms with E-state index in [0.717, 1.165) is 36.3 Å². The average Bonchev–Trinajstić information content (AvgIpc) is 2.68. The molecule has 1 aromatic carbocycles. The Morgan fingerprint density at radius 1 is 1.16 bits per heavy atom. The van der Waals surface area contributed by atoms with Crippen molar-refractivity contribution >= 4 is 0 Å². The van der Waals surface area contributed by atoms with Gasteiger partial charge in [0.1, 0.15) is 0 Å². The molecule has 1 aromatic rings. The average molecular weight is 344 g/mol. The number of aliphatic hydroxyl groups excluding tert-OH is 1. The van der Waals surface area contributed by atoms with Gasteiger partial charge < -0.3 is 14.6 Å². The van der Waals surface area contributed by atoms with Gasteiger partial charge in [0.15, 0.2) is 11.5 Å². The highest BCUT2D eigenvalue weighted by atomic mass is 16.5. The summed E-state index contributed by atoms with van der Waals surface area (Å²) in [5.41, 5.74) is 6.31. The highest BCUT2D eigenvalue weighted by Crippen LogP contribution is 2.49. The molecule has 0 aliphatic heterocycles. The summed E-state index contributed by atoms with van der Waals surface area (Å²) < 4.78 is 11.6. The molecule has 138 valence electrons. The van der Waals surface area contributed by atoms with Crippen molar-refractivity contribution in [2.45, 2.75) is 71.8 Å². The number of hydrogen-bond acceptors (Lipinski definition) is 3. The van der Waals surface area contributed by atoms with Crippen LogP contribution in [-0.2, 0) is 12.8 Å². The summed E-state index contributed by atoms with van der Waals surface area (Å²) in [6.45, 7) is 8.89. The van der Waals surface area contributed by atoms with Crippen LogP contribution in [0, 0.1) is 5.41 Å². The lowest BCUT2D eigenvalue weighted by molar-refractivity contribution is 0.169. The second-order valence-corrected chi connectivity index (χ2v) is 8.48. The van der Waals surface area contributed by atoms with Gasteiger partial charge in [-0.05, 0) is 48.2 Å². The van der Waals surface area contributed by atoms with E-state index in [0.29, 0.717) is 12.3 Å². The Balaban J connectivity index is 2.20. The molecule has 3 nitrogen and oxygen atoms in total. The predicted octanol–water partition coefficient (Wildman–Crippen LogP) is 4.79. The van der Waals surface area contributed by atoms with E-state index >= 15 is 0 Å². The number of rotatable bonds is 3. The summed E-state index contributed by atoms with van der Waals surface area (Å²) in [5.74, 6) is 2.05. The zero-order valence-corrected chi connectivity index (χ0v) is 16.5. The van der Waals surface area contributed by atoms with Crippen LogP contribution < -0.4 is 9.47 Å². The van der Waals surface area contributed by atoms with E-state index in [1.54, 1.807) is 14.2 Å². The van der Waals surface area contributed by atoms with Gasteiger partial charge in [0, 0.05) is 17.5 Å². The molecule has 3 heteroatoms. The minimum absolute atomic E-state index is 0.0766. The molecule has 0 fully saturated rings. The Morgan fingerprint density at radius 3 is 2.44 bits per heavy atom. The van der Waals surface area contributed by atoms with E-state index < -0.39 is 6.10 Å². The third-order valence-electron chi connectivity index (χ3n) is 6.02. The van der Waals surface area contributed by atoms with E-state index in [4.69, 9.17) is 9.47 Å². The number of methoxy groups -OCH3 is 2. The molecule has 2 aliphatic carbocycles. The maximum absolute atomic E-state index is 11.1. The molecule has 0 saturated heterocycles. The summed E-state index contributed by atoms with van der Waals surface area (Å²) in [7, 11) is 3.44. The molecule has 25 heavy (non-hydrogen) atoms. The van der Waals surface area contributed by atoms with Crippen LogP contribution in [0.5, 0.6) is 11.5 Å². The molecule has 0 amide bonds. The summed E-state index contributed by atoms with van der Waals surface area (Å²) in [5, 5.41) is 11.1. The van der Waals surface area contributed by atoms with Gasteiger partial charge in [-0.1, -0.05) is 39.3 Å². The summed E-state index contributed by atoms with van der Waals surface area (Å²) in [6.07, 6.45) is 4.55. The number of benzene rings is 1. The molecular formula is C22H32O3. The van der Waals surface area contributed by atoms with Crippen molar-refractivity contribution in [1.29, 1.82) is 0 Å². The third kappa shape index (κ3) is 3.08. The number of aliphatic hydroxyl groups is 1. The van der Waals surface area contributed by atoms with Crippen molar-refractivity contribution in [3.8, 4) is 11.5 Å². The highest BCUT2D eigenvalue weighted by molar-refractivity contribution is 5.59. The first-order valence-electron chi connectivity index (χ1n) is 9.47. The first-order chi connectivity index (χ1) is 11.8. The van der Waals surface area contributed by atoms with E-state index in [9.17, 15) is 5.11 Å². The van der Waals surface area contributed by atoms with Crippen molar-refractivity contribution < 1.29 is 14.6 Å². The lowest BCUT2D eigenvalue weighted by Crippen LogP contribution is -2.30. The minimum atomic E-state index is -0.398. The topological polar surface area (TPSA) is 38.7 Å². The van der Waals surface area contributed by atoms with E-state index in [1.165, 1.54) is 28.7 Å². The summed E-state index contributed by atoms with van der Waals surface area (Å²) in [4.78, 5) is 0. The van der Waals surface area contributed by atoms with Crippen LogP contribution in [0.15, 0.2) is 17.2 Å². The van der Waals surface area contributed by atoms with Gasteiger partial charge >= 0.3 is 0 Å². The summed E-state index contributed by atoms with van der Waals surface area (Å²) in [6, 6.07) is 2.23. The highest BCUT2D eigenvalue weighted by Gasteiger charge is 2.37. The van der Waals surface area contributed by atoms with Crippen LogP contribution in [0.25, 0.3) is 0 Å². The second kappa shape index (κ2) is 6.68. The van der Waals surface area contributed by atoms with Gasteiger partial charge in [0.25, 0.3) is 0 Å². The van der Waals surface area contributed by atoms with Crippen LogP contribution in [0.2, 0.25) is 0 Å². The third-order valence-corrected chi connectivity index (χ3v) is 6.02. The first-order valence-corrected chi connectivity index (χ1v) is 9.47. The van der Waals surface area contributed by atoms with Crippen molar-refractivity contribution in [3.63, 3.8) is 0 Å². The fourth-order valence-corrected chi connectivity index (χ4v) is 4.87. The van der Waals surface area contributed by atoms with Crippen LogP contribution in [-0.4, -0.2) is 25.4 Å². The van der Waals surface area contributed by atoms with E-state index in [1.807, 2.05) is 0 Å². The maximum Gasteiger partial charge on any atom is 0.164 e. The van der Waals surface area contributed by atoms with Crippen molar-refractivity contribution in [2.75, 3.05) is 14.2 Å². The Kier molecular flexibility index (Phi) is 4.89. The number of fused-ring (bicyclic) bond motifs is 1. The smallest absolute Gasteiger partial charge is 0.164 e. The Morgan fingerprint density at radius 2 is 1.84 bits per heavy atom. The van der Waals surface area contributed by atoms with Crippen molar-refractivity contribution in [2.24, 2.45) is 5.41 Å². The van der Waals surface area contributed by atoms with Crippen LogP contribution >= 0.6 is 0 Å². The first kappa shape index (κ1) is 18.3. The van der Waals surface area contributed by atoms with Crippen LogP contribution in [0.1, 0.15) is 69.6 Å². The molecule has 2 aliphatic rings. The molecule has 0 radical (unpaired) electrons. The fraction of sp³-hybridized carbons (Fsp3) is 0.636. The zero-order chi connectivity index (χ0) is 18.4. The maximum atomic E-state index is 11.1. The van der Waals surface area contributed by atoms with Crippen LogP contribution in [0.3, 0.4) is 0 Å². The Hall–Kier alpha value is -1.48. The molecular weight excluding hydrogens is 312 g/mol. The minimum Gasteiger partial charge on any atom is -0.493 e. The van der Waals surface area contributed by atoms with Crippen LogP contribution in [0.4, 0.5) is 0 Å². The molecule has 3 rings (SSSR count). The van der Waals surface area contributed by atoms with E-state index in [2.05, 4.69) is 33.8 Å². The molecule has 0 spiro atoms. The van der Waals surface area contributed by atoms with Crippen molar-refractivity contribution in [1.82, 2.24) is 0 Å². The largest absolute Gasteiger partial charge is 0.493 e. The molecule has 1 atom stereocenters. The number of hydrogen-bond donors (Lipinski definition) is 1. The van der Waals surface area contributed by atoms with E-state index in [-0.39, 0.29) is 5.41 Å². The standard InChI is InChI=1S/C22H32O3/c1-13(2)16-11-15-12-18(23)19-14(8-7-9-22(19,3)4)10-17(15)21(25-6)20(16)24-5/h11,13,18,23H,7-10,12H2,1-6H3. The quantitative estimate of drug-likeness (QED) is 0.801. The molecule has 0 bridgehead atoms. The van der Waals surface area contributed by atoms with Gasteiger partial charge in [-0.15, -0.1) is 0 Å². The Labute approximate surface area is 152 Å². The SMILES string of the molecule is COc1c(C(C)C)cc2c(c1OC)CC1=C(C(O)C2)C(C)(C)CCC1. The number of allylic oxidation sites excluding steroid dienone is 1. The lowest BCUT2D eigenvalue weighted by atomic mass is 9.70. The van der Waals surface area contributed by atoms with Crippen molar-refractivity contribution in [3.05, 3.63) is 33.9 Å². The lowest BCUT2D eigenvalue weighted by Gasteiger charge is -2.37. The van der Waals surface area contributed by atoms with Gasteiger partial charge in [0.05, 0.1) is 20.3 Å². The Bertz CT molecular complexity index is 698. The van der Waals surface area contributed by atoms with Gasteiger partial charge in [0.2, 0.25) is 0 Å². The van der Waals surface area contributed by atoms with Gasteiger partial charge in [-0.2, -0.15) is 0 Å². The molecule has 0 aromatic heterocycles. The molecule has 0 saturated carbocycles. The van der Waals surface area contributed by atoms with Gasteiger partial charge in [-0.3, -0.25) is 0 Å². The number of ether oxygens (including phenoxy) is 2. The second-order valence-electron chi connectivity index (χ2n) is 8.48. The monoisotopic (exact) mass is 344 g/mol. The molecule has 1 N–H and O–H groups in total. The molecule has 1 unspecified atom stereocenters. The molecule has 0 heterocycles. The predicted molar refractivity (Wildman–Crippen MR) is 102 cm³/mol. The van der Waals surface area contributed by atoms with Gasteiger partial charge in [-0.25, -0.2) is 0 Å². The fourth-order valence-electron chi connectivity index (χ4n) is 4.87. The summed E-state index contributed by atoms with van der Waals surface area (Å²) >= 11 is 0. The zero-order valence-electron chi connectivity index (χ0n) is 16.5. The normalized spacial score (nSPS) is 22.3.